The lowest BCUT2D eigenvalue weighted by Crippen LogP contribution is -2.56. The first-order valence-corrected chi connectivity index (χ1v) is 6.68. The Kier molecular flexibility index (Phi) is 5.14. The molecule has 104 valence electrons. The lowest BCUT2D eigenvalue weighted by atomic mass is 9.94. The van der Waals surface area contributed by atoms with Gasteiger partial charge in [-0.2, -0.15) is 0 Å². The molecule has 18 heavy (non-hydrogen) atoms. The van der Waals surface area contributed by atoms with E-state index in [0.29, 0.717) is 13.1 Å². The Balaban J connectivity index is 2.52. The third kappa shape index (κ3) is 3.45. The van der Waals surface area contributed by atoms with Crippen molar-refractivity contribution in [3.63, 3.8) is 0 Å². The number of carbonyl (C=O) groups is 2. The highest BCUT2D eigenvalue weighted by atomic mass is 16.2. The lowest BCUT2D eigenvalue weighted by molar-refractivity contribution is -0.140. The van der Waals surface area contributed by atoms with Crippen molar-refractivity contribution in [3.05, 3.63) is 0 Å². The predicted octanol–water partition coefficient (Wildman–Crippen LogP) is 0.359. The number of hydrogen-bond donors (Lipinski definition) is 2. The summed E-state index contributed by atoms with van der Waals surface area (Å²) in [7, 11) is 1.66. The van der Waals surface area contributed by atoms with Crippen LogP contribution in [0.3, 0.4) is 0 Å². The molecule has 1 rings (SSSR count). The second-order valence-electron chi connectivity index (χ2n) is 5.34. The smallest absolute Gasteiger partial charge is 0.242 e. The molecule has 5 heteroatoms. The first-order chi connectivity index (χ1) is 8.42. The third-order valence-electron chi connectivity index (χ3n) is 3.55. The topological polar surface area (TPSA) is 61.4 Å². The van der Waals surface area contributed by atoms with Crippen LogP contribution < -0.4 is 10.6 Å². The van der Waals surface area contributed by atoms with E-state index < -0.39 is 5.54 Å². The first-order valence-electron chi connectivity index (χ1n) is 6.68. The van der Waals surface area contributed by atoms with E-state index in [1.807, 2.05) is 25.7 Å². The summed E-state index contributed by atoms with van der Waals surface area (Å²) >= 11 is 0. The summed E-state index contributed by atoms with van der Waals surface area (Å²) in [6, 6.07) is 0. The maximum atomic E-state index is 12.3. The van der Waals surface area contributed by atoms with Crippen molar-refractivity contribution in [2.24, 2.45) is 5.92 Å². The van der Waals surface area contributed by atoms with Crippen molar-refractivity contribution in [2.45, 2.75) is 39.2 Å². The number of nitrogens with one attached hydrogen (secondary N) is 2. The Morgan fingerprint density at radius 1 is 1.28 bits per heavy atom. The summed E-state index contributed by atoms with van der Waals surface area (Å²) in [5.41, 5.74) is -0.519. The summed E-state index contributed by atoms with van der Waals surface area (Å²) in [6.45, 7) is 7.92. The van der Waals surface area contributed by atoms with Gasteiger partial charge in [0.25, 0.3) is 0 Å². The highest BCUT2D eigenvalue weighted by Gasteiger charge is 2.34. The number of likely N-dealkylation sites (N-methyl/N-ethyl adjacent to an activating group) is 1. The van der Waals surface area contributed by atoms with E-state index in [4.69, 9.17) is 0 Å². The van der Waals surface area contributed by atoms with Gasteiger partial charge >= 0.3 is 0 Å². The molecule has 1 aliphatic heterocycles. The number of hydrogen-bond acceptors (Lipinski definition) is 3. The molecule has 0 bridgehead atoms. The molecule has 2 amide bonds. The second-order valence-corrected chi connectivity index (χ2v) is 5.34. The standard InChI is InChI=1S/C13H25N3O2/c1-5-15-13(2,3)12(18)16-8-6-10(7-9-16)11(17)14-4/h10,15H,5-9H2,1-4H3,(H,14,17). The molecule has 5 nitrogen and oxygen atoms in total. The zero-order valence-electron chi connectivity index (χ0n) is 11.9. The zero-order valence-corrected chi connectivity index (χ0v) is 11.9. The molecule has 1 saturated heterocycles. The van der Waals surface area contributed by atoms with Crippen molar-refractivity contribution in [1.29, 1.82) is 0 Å². The van der Waals surface area contributed by atoms with Crippen LogP contribution in [0.5, 0.6) is 0 Å². The summed E-state index contributed by atoms with van der Waals surface area (Å²) in [5.74, 6) is 0.272. The fraction of sp³-hybridized carbons (Fsp3) is 0.846. The van der Waals surface area contributed by atoms with Crippen LogP contribution in [0, 0.1) is 5.92 Å². The molecule has 0 aromatic heterocycles. The lowest BCUT2D eigenvalue weighted by Gasteiger charge is -2.36. The minimum atomic E-state index is -0.519. The van der Waals surface area contributed by atoms with Gasteiger partial charge in [-0.25, -0.2) is 0 Å². The van der Waals surface area contributed by atoms with Crippen molar-refractivity contribution >= 4 is 11.8 Å². The largest absolute Gasteiger partial charge is 0.359 e. The van der Waals surface area contributed by atoms with E-state index in [-0.39, 0.29) is 17.7 Å². The van der Waals surface area contributed by atoms with Crippen LogP contribution in [0.1, 0.15) is 33.6 Å². The van der Waals surface area contributed by atoms with Gasteiger partial charge in [0.1, 0.15) is 0 Å². The minimum Gasteiger partial charge on any atom is -0.359 e. The van der Waals surface area contributed by atoms with E-state index in [1.54, 1.807) is 7.05 Å². The maximum absolute atomic E-state index is 12.3. The van der Waals surface area contributed by atoms with Crippen LogP contribution in [0.15, 0.2) is 0 Å². The van der Waals surface area contributed by atoms with Gasteiger partial charge in [0.05, 0.1) is 5.54 Å². The Bertz CT molecular complexity index is 307. The minimum absolute atomic E-state index is 0.0568. The molecule has 1 aliphatic rings. The average Bonchev–Trinajstić information content (AvgIpc) is 2.37. The van der Waals surface area contributed by atoms with Crippen molar-refractivity contribution < 1.29 is 9.59 Å². The van der Waals surface area contributed by atoms with Gasteiger partial charge in [0, 0.05) is 26.1 Å². The van der Waals surface area contributed by atoms with Crippen molar-refractivity contribution in [1.82, 2.24) is 15.5 Å². The Labute approximate surface area is 109 Å². The molecule has 0 aromatic carbocycles. The molecule has 0 spiro atoms. The third-order valence-corrected chi connectivity index (χ3v) is 3.55. The molecule has 0 saturated carbocycles. The van der Waals surface area contributed by atoms with Gasteiger partial charge < -0.3 is 15.5 Å². The molecule has 1 fully saturated rings. The maximum Gasteiger partial charge on any atom is 0.242 e. The number of rotatable bonds is 4. The molecule has 0 atom stereocenters. The molecule has 0 radical (unpaired) electrons. The highest BCUT2D eigenvalue weighted by molar-refractivity contribution is 5.86. The quantitative estimate of drug-likeness (QED) is 0.762. The Hall–Kier alpha value is -1.10. The second kappa shape index (κ2) is 6.18. The summed E-state index contributed by atoms with van der Waals surface area (Å²) in [5, 5.41) is 5.87. The van der Waals surface area contributed by atoms with Crippen molar-refractivity contribution in [2.75, 3.05) is 26.7 Å². The van der Waals surface area contributed by atoms with Crippen molar-refractivity contribution in [3.8, 4) is 0 Å². The molecular weight excluding hydrogens is 230 g/mol. The molecule has 1 heterocycles. The fourth-order valence-electron chi connectivity index (χ4n) is 2.46. The van der Waals surface area contributed by atoms with Gasteiger partial charge in [-0.1, -0.05) is 6.92 Å². The van der Waals surface area contributed by atoms with E-state index in [0.717, 1.165) is 19.4 Å². The van der Waals surface area contributed by atoms with Crippen LogP contribution >= 0.6 is 0 Å². The molecule has 0 unspecified atom stereocenters. The van der Waals surface area contributed by atoms with Gasteiger partial charge in [-0.3, -0.25) is 9.59 Å². The van der Waals surface area contributed by atoms with Crippen LogP contribution in [0.2, 0.25) is 0 Å². The van der Waals surface area contributed by atoms with Gasteiger partial charge in [-0.05, 0) is 33.2 Å². The van der Waals surface area contributed by atoms with Gasteiger partial charge in [0.15, 0.2) is 0 Å². The zero-order chi connectivity index (χ0) is 13.8. The van der Waals surface area contributed by atoms with E-state index in [2.05, 4.69) is 10.6 Å². The average molecular weight is 255 g/mol. The van der Waals surface area contributed by atoms with E-state index in [1.165, 1.54) is 0 Å². The molecular formula is C13H25N3O2. The number of amides is 2. The van der Waals surface area contributed by atoms with E-state index >= 15 is 0 Å². The van der Waals surface area contributed by atoms with E-state index in [9.17, 15) is 9.59 Å². The number of piperidine rings is 1. The van der Waals surface area contributed by atoms with Crippen LogP contribution in [-0.4, -0.2) is 48.9 Å². The predicted molar refractivity (Wildman–Crippen MR) is 71.1 cm³/mol. The normalized spacial score (nSPS) is 17.7. The Morgan fingerprint density at radius 2 is 1.83 bits per heavy atom. The molecule has 2 N–H and O–H groups in total. The number of likely N-dealkylation sites (tertiary alicyclic amines) is 1. The van der Waals surface area contributed by atoms with Gasteiger partial charge in [-0.15, -0.1) is 0 Å². The fourth-order valence-corrected chi connectivity index (χ4v) is 2.46. The number of nitrogens with zero attached hydrogens (tertiary/aromatic N) is 1. The van der Waals surface area contributed by atoms with Crippen LogP contribution in [0.4, 0.5) is 0 Å². The van der Waals surface area contributed by atoms with Crippen LogP contribution in [0.25, 0.3) is 0 Å². The SMILES string of the molecule is CCNC(C)(C)C(=O)N1CCC(C(=O)NC)CC1. The van der Waals surface area contributed by atoms with Crippen LogP contribution in [-0.2, 0) is 9.59 Å². The summed E-state index contributed by atoms with van der Waals surface area (Å²) in [4.78, 5) is 25.7. The molecule has 0 aliphatic carbocycles. The summed E-state index contributed by atoms with van der Waals surface area (Å²) in [6.07, 6.45) is 1.52. The first kappa shape index (κ1) is 15.0. The number of carbonyl (C=O) groups excluding carboxylic acids is 2. The molecule has 0 aromatic rings. The monoisotopic (exact) mass is 255 g/mol. The highest BCUT2D eigenvalue weighted by Crippen LogP contribution is 2.20. The summed E-state index contributed by atoms with van der Waals surface area (Å²) < 4.78 is 0. The van der Waals surface area contributed by atoms with Gasteiger partial charge in [0.2, 0.25) is 11.8 Å². The Morgan fingerprint density at radius 3 is 2.28 bits per heavy atom.